The van der Waals surface area contributed by atoms with Crippen LogP contribution >= 0.6 is 15.9 Å². The molecule has 70 valence electrons. The molecule has 0 spiro atoms. The van der Waals surface area contributed by atoms with Crippen LogP contribution < -0.4 is 0 Å². The van der Waals surface area contributed by atoms with Crippen LogP contribution in [-0.4, -0.2) is 5.33 Å². The van der Waals surface area contributed by atoms with Gasteiger partial charge in [0.05, 0.1) is 0 Å². The molecule has 0 radical (unpaired) electrons. The van der Waals surface area contributed by atoms with E-state index >= 15 is 0 Å². The lowest BCUT2D eigenvalue weighted by molar-refractivity contribution is 0.815. The van der Waals surface area contributed by atoms with Gasteiger partial charge in [0, 0.05) is 5.33 Å². The second kappa shape index (κ2) is 11.0. The van der Waals surface area contributed by atoms with Crippen LogP contribution in [0.25, 0.3) is 0 Å². The van der Waals surface area contributed by atoms with E-state index in [1.165, 1.54) is 32.1 Å². The lowest BCUT2D eigenvalue weighted by Gasteiger charge is -1.91. The van der Waals surface area contributed by atoms with Gasteiger partial charge in [-0.15, -0.1) is 6.58 Å². The zero-order chi connectivity index (χ0) is 9.07. The van der Waals surface area contributed by atoms with Crippen molar-refractivity contribution in [3.05, 3.63) is 24.8 Å². The van der Waals surface area contributed by atoms with Crippen LogP contribution in [0.15, 0.2) is 24.8 Å². The predicted molar refractivity (Wildman–Crippen MR) is 60.8 cm³/mol. The maximum atomic E-state index is 3.69. The molecule has 0 saturated carbocycles. The summed E-state index contributed by atoms with van der Waals surface area (Å²) in [6.45, 7) is 3.69. The summed E-state index contributed by atoms with van der Waals surface area (Å²) in [5.41, 5.74) is 0. The van der Waals surface area contributed by atoms with Crippen LogP contribution in [0.3, 0.4) is 0 Å². The summed E-state index contributed by atoms with van der Waals surface area (Å²) in [7, 11) is 0. The third kappa shape index (κ3) is 9.96. The third-order valence-electron chi connectivity index (χ3n) is 1.70. The fraction of sp³-hybridized carbons (Fsp3) is 0.636. The van der Waals surface area contributed by atoms with Crippen LogP contribution in [0.1, 0.15) is 38.5 Å². The van der Waals surface area contributed by atoms with E-state index in [0.29, 0.717) is 0 Å². The van der Waals surface area contributed by atoms with Crippen molar-refractivity contribution in [3.8, 4) is 0 Å². The van der Waals surface area contributed by atoms with Crippen LogP contribution in [-0.2, 0) is 0 Å². The van der Waals surface area contributed by atoms with Crippen molar-refractivity contribution in [1.82, 2.24) is 0 Å². The first kappa shape index (κ1) is 12.0. The van der Waals surface area contributed by atoms with E-state index < -0.39 is 0 Å². The first-order chi connectivity index (χ1) is 5.91. The highest BCUT2D eigenvalue weighted by Crippen LogP contribution is 2.02. The van der Waals surface area contributed by atoms with E-state index in [0.717, 1.165) is 11.8 Å². The Bertz CT molecular complexity index is 116. The van der Waals surface area contributed by atoms with Gasteiger partial charge in [-0.1, -0.05) is 34.2 Å². The molecule has 0 aliphatic rings. The molecule has 0 amide bonds. The first-order valence-corrected chi connectivity index (χ1v) is 5.86. The van der Waals surface area contributed by atoms with Crippen molar-refractivity contribution in [1.29, 1.82) is 0 Å². The number of unbranched alkanes of at least 4 members (excludes halogenated alkanes) is 4. The van der Waals surface area contributed by atoms with Gasteiger partial charge in [-0.25, -0.2) is 0 Å². The fourth-order valence-corrected chi connectivity index (χ4v) is 1.37. The summed E-state index contributed by atoms with van der Waals surface area (Å²) >= 11 is 3.42. The van der Waals surface area contributed by atoms with E-state index in [1.54, 1.807) is 0 Å². The minimum absolute atomic E-state index is 1.14. The summed E-state index contributed by atoms with van der Waals surface area (Å²) in [5, 5.41) is 1.14. The molecule has 1 heteroatoms. The number of halogens is 1. The van der Waals surface area contributed by atoms with Gasteiger partial charge < -0.3 is 0 Å². The molecule has 0 aliphatic carbocycles. The van der Waals surface area contributed by atoms with Crippen molar-refractivity contribution in [3.63, 3.8) is 0 Å². The van der Waals surface area contributed by atoms with E-state index in [2.05, 4.69) is 34.7 Å². The van der Waals surface area contributed by atoms with Crippen LogP contribution in [0.5, 0.6) is 0 Å². The quantitative estimate of drug-likeness (QED) is 0.328. The Labute approximate surface area is 84.9 Å². The van der Waals surface area contributed by atoms with Crippen LogP contribution in [0, 0.1) is 0 Å². The molecule has 0 aliphatic heterocycles. The van der Waals surface area contributed by atoms with Crippen molar-refractivity contribution in [2.75, 3.05) is 5.33 Å². The van der Waals surface area contributed by atoms with Gasteiger partial charge >= 0.3 is 0 Å². The largest absolute Gasteiger partial charge is 0.103 e. The molecule has 0 unspecified atom stereocenters. The Morgan fingerprint density at radius 2 is 1.58 bits per heavy atom. The molecule has 0 aromatic rings. The standard InChI is InChI=1S/C11H19Br/c1-2-3-4-5-6-7-8-9-10-11-12/h2,6-7H,1,3-5,8-11H2/b7-6+. The second-order valence-electron chi connectivity index (χ2n) is 2.88. The third-order valence-corrected chi connectivity index (χ3v) is 2.26. The molecule has 0 N–H and O–H groups in total. The molecule has 0 aromatic carbocycles. The van der Waals surface area contributed by atoms with E-state index in [4.69, 9.17) is 0 Å². The monoisotopic (exact) mass is 230 g/mol. The van der Waals surface area contributed by atoms with Crippen LogP contribution in [0.2, 0.25) is 0 Å². The minimum Gasteiger partial charge on any atom is -0.103 e. The Kier molecular flexibility index (Phi) is 10.9. The summed E-state index contributed by atoms with van der Waals surface area (Å²) in [5.74, 6) is 0. The molecule has 0 rings (SSSR count). The SMILES string of the molecule is C=CCCC/C=C/CCCCBr. The molecule has 0 atom stereocenters. The maximum Gasteiger partial charge on any atom is 0.00314 e. The molecule has 12 heavy (non-hydrogen) atoms. The Morgan fingerprint density at radius 3 is 2.17 bits per heavy atom. The highest BCUT2D eigenvalue weighted by atomic mass is 79.9. The van der Waals surface area contributed by atoms with Crippen molar-refractivity contribution in [2.45, 2.75) is 38.5 Å². The van der Waals surface area contributed by atoms with Gasteiger partial charge in [0.25, 0.3) is 0 Å². The molecular weight excluding hydrogens is 212 g/mol. The normalized spacial score (nSPS) is 10.8. The highest BCUT2D eigenvalue weighted by Gasteiger charge is 1.82. The maximum absolute atomic E-state index is 3.69. The van der Waals surface area contributed by atoms with Gasteiger partial charge in [-0.2, -0.15) is 0 Å². The Hall–Kier alpha value is -0.0400. The van der Waals surface area contributed by atoms with E-state index in [9.17, 15) is 0 Å². The second-order valence-corrected chi connectivity index (χ2v) is 3.67. The summed E-state index contributed by atoms with van der Waals surface area (Å²) in [6, 6.07) is 0. The van der Waals surface area contributed by atoms with Gasteiger partial charge in [-0.05, 0) is 38.5 Å². The molecular formula is C11H19Br. The summed E-state index contributed by atoms with van der Waals surface area (Å²) in [6.07, 6.45) is 14.0. The fourth-order valence-electron chi connectivity index (χ4n) is 0.972. The molecule has 0 aromatic heterocycles. The highest BCUT2D eigenvalue weighted by molar-refractivity contribution is 9.09. The molecule has 0 saturated heterocycles. The number of alkyl halides is 1. The van der Waals surface area contributed by atoms with Crippen molar-refractivity contribution < 1.29 is 0 Å². The lowest BCUT2D eigenvalue weighted by atomic mass is 10.2. The van der Waals surface area contributed by atoms with Gasteiger partial charge in [0.15, 0.2) is 0 Å². The summed E-state index contributed by atoms with van der Waals surface area (Å²) < 4.78 is 0. The molecule has 0 heterocycles. The molecule has 0 fully saturated rings. The smallest absolute Gasteiger partial charge is 0.00314 e. The minimum atomic E-state index is 1.14. The van der Waals surface area contributed by atoms with Gasteiger partial charge in [0.2, 0.25) is 0 Å². The Morgan fingerprint density at radius 1 is 0.917 bits per heavy atom. The molecule has 0 bridgehead atoms. The predicted octanol–water partition coefficient (Wildman–Crippen LogP) is 4.46. The van der Waals surface area contributed by atoms with Crippen molar-refractivity contribution >= 4 is 15.9 Å². The zero-order valence-corrected chi connectivity index (χ0v) is 9.35. The van der Waals surface area contributed by atoms with Gasteiger partial charge in [0.1, 0.15) is 0 Å². The van der Waals surface area contributed by atoms with E-state index in [1.807, 2.05) is 6.08 Å². The number of rotatable bonds is 8. The van der Waals surface area contributed by atoms with Crippen LogP contribution in [0.4, 0.5) is 0 Å². The lowest BCUT2D eigenvalue weighted by Crippen LogP contribution is -1.74. The first-order valence-electron chi connectivity index (χ1n) is 4.73. The van der Waals surface area contributed by atoms with Crippen molar-refractivity contribution in [2.24, 2.45) is 0 Å². The van der Waals surface area contributed by atoms with E-state index in [-0.39, 0.29) is 0 Å². The number of hydrogen-bond donors (Lipinski definition) is 0. The zero-order valence-electron chi connectivity index (χ0n) is 7.77. The average Bonchev–Trinajstić information content (AvgIpc) is 2.10. The average molecular weight is 231 g/mol. The Balaban J connectivity index is 2.98. The number of allylic oxidation sites excluding steroid dienone is 3. The topological polar surface area (TPSA) is 0 Å². The summed E-state index contributed by atoms with van der Waals surface area (Å²) in [4.78, 5) is 0. The number of hydrogen-bond acceptors (Lipinski definition) is 0. The van der Waals surface area contributed by atoms with Gasteiger partial charge in [-0.3, -0.25) is 0 Å². The molecule has 0 nitrogen and oxygen atoms in total.